The Morgan fingerprint density at radius 1 is 1.28 bits per heavy atom. The average Bonchev–Trinajstić information content (AvgIpc) is 2.39. The van der Waals surface area contributed by atoms with Gasteiger partial charge in [0.25, 0.3) is 0 Å². The maximum Gasteiger partial charge on any atom is 0.249 e. The molecule has 0 radical (unpaired) electrons. The summed E-state index contributed by atoms with van der Waals surface area (Å²) in [5.74, 6) is 3.85. The van der Waals surface area contributed by atoms with E-state index in [9.17, 15) is 4.79 Å². The fraction of sp³-hybridized carbons (Fsp3) is 0.417. The number of rotatable bonds is 1. The topological polar surface area (TPSA) is 84.7 Å². The molecule has 3 heterocycles. The summed E-state index contributed by atoms with van der Waals surface area (Å²) in [5.41, 5.74) is 6.32. The van der Waals surface area contributed by atoms with Crippen molar-refractivity contribution in [1.29, 1.82) is 0 Å². The molecule has 0 spiro atoms. The van der Waals surface area contributed by atoms with Gasteiger partial charge in [-0.05, 0) is 30.4 Å². The summed E-state index contributed by atoms with van der Waals surface area (Å²) < 4.78 is 0. The normalized spacial score (nSPS) is 17.1. The number of nitrogens with one attached hydrogen (secondary N) is 1. The molecule has 0 amide bonds. The van der Waals surface area contributed by atoms with Crippen molar-refractivity contribution in [2.24, 2.45) is 0 Å². The second-order valence-corrected chi connectivity index (χ2v) is 5.66. The summed E-state index contributed by atoms with van der Waals surface area (Å²) in [4.78, 5) is 22.9. The van der Waals surface area contributed by atoms with Gasteiger partial charge in [0, 0.05) is 12.0 Å². The predicted octanol–water partition coefficient (Wildman–Crippen LogP) is 1.51. The van der Waals surface area contributed by atoms with E-state index in [1.165, 1.54) is 6.07 Å². The Morgan fingerprint density at radius 2 is 2.06 bits per heavy atom. The monoisotopic (exact) mass is 262 g/mol. The van der Waals surface area contributed by atoms with Crippen molar-refractivity contribution in [3.63, 3.8) is 0 Å². The third kappa shape index (κ3) is 2.08. The quantitative estimate of drug-likeness (QED) is 0.813. The third-order valence-corrected chi connectivity index (χ3v) is 4.27. The van der Waals surface area contributed by atoms with E-state index >= 15 is 0 Å². The van der Waals surface area contributed by atoms with Crippen molar-refractivity contribution in [2.75, 3.05) is 17.2 Å². The SMILES string of the molecule is Nc1nc(C2CCSCC2)nc2[nH]c(=O)ccc12. The molecule has 1 aliphatic rings. The fourth-order valence-electron chi connectivity index (χ4n) is 2.22. The number of pyridine rings is 1. The molecule has 0 saturated carbocycles. The number of aromatic nitrogens is 3. The number of nitrogen functional groups attached to an aromatic ring is 1. The zero-order valence-corrected chi connectivity index (χ0v) is 10.7. The Balaban J connectivity index is 2.10. The Kier molecular flexibility index (Phi) is 2.95. The van der Waals surface area contributed by atoms with Crippen LogP contribution in [0.4, 0.5) is 5.82 Å². The van der Waals surface area contributed by atoms with Crippen LogP contribution in [0.1, 0.15) is 24.6 Å². The molecule has 0 unspecified atom stereocenters. The van der Waals surface area contributed by atoms with E-state index in [1.807, 2.05) is 11.8 Å². The molecule has 5 nitrogen and oxygen atoms in total. The Bertz CT molecular complexity index is 634. The molecule has 18 heavy (non-hydrogen) atoms. The van der Waals surface area contributed by atoms with E-state index in [0.717, 1.165) is 30.2 Å². The van der Waals surface area contributed by atoms with Crippen LogP contribution in [0.3, 0.4) is 0 Å². The van der Waals surface area contributed by atoms with Gasteiger partial charge >= 0.3 is 0 Å². The van der Waals surface area contributed by atoms with Crippen molar-refractivity contribution >= 4 is 28.6 Å². The minimum atomic E-state index is -0.161. The second kappa shape index (κ2) is 4.61. The maximum atomic E-state index is 11.3. The molecule has 0 atom stereocenters. The van der Waals surface area contributed by atoms with Crippen LogP contribution < -0.4 is 11.3 Å². The van der Waals surface area contributed by atoms with Crippen molar-refractivity contribution in [1.82, 2.24) is 15.0 Å². The number of hydrogen-bond acceptors (Lipinski definition) is 5. The zero-order chi connectivity index (χ0) is 12.5. The molecule has 3 N–H and O–H groups in total. The lowest BCUT2D eigenvalue weighted by Gasteiger charge is -2.20. The Labute approximate surface area is 108 Å². The number of anilines is 1. The van der Waals surface area contributed by atoms with E-state index in [-0.39, 0.29) is 5.56 Å². The van der Waals surface area contributed by atoms with Gasteiger partial charge in [-0.15, -0.1) is 0 Å². The molecule has 0 aromatic carbocycles. The van der Waals surface area contributed by atoms with Gasteiger partial charge in [-0.3, -0.25) is 4.79 Å². The van der Waals surface area contributed by atoms with Crippen LogP contribution in [-0.4, -0.2) is 26.5 Å². The lowest BCUT2D eigenvalue weighted by atomic mass is 10.0. The maximum absolute atomic E-state index is 11.3. The smallest absolute Gasteiger partial charge is 0.249 e. The van der Waals surface area contributed by atoms with Crippen molar-refractivity contribution < 1.29 is 0 Å². The van der Waals surface area contributed by atoms with Gasteiger partial charge < -0.3 is 10.7 Å². The van der Waals surface area contributed by atoms with Crippen LogP contribution >= 0.6 is 11.8 Å². The minimum Gasteiger partial charge on any atom is -0.383 e. The molecule has 1 fully saturated rings. The van der Waals surface area contributed by atoms with Crippen LogP contribution in [0.25, 0.3) is 11.0 Å². The fourth-order valence-corrected chi connectivity index (χ4v) is 3.33. The van der Waals surface area contributed by atoms with Gasteiger partial charge in [0.15, 0.2) is 0 Å². The van der Waals surface area contributed by atoms with Gasteiger partial charge in [0.05, 0.1) is 5.39 Å². The predicted molar refractivity (Wildman–Crippen MR) is 73.9 cm³/mol. The van der Waals surface area contributed by atoms with Crippen LogP contribution in [0, 0.1) is 0 Å². The molecule has 94 valence electrons. The molecular formula is C12H14N4OS. The average molecular weight is 262 g/mol. The highest BCUT2D eigenvalue weighted by Crippen LogP contribution is 2.30. The molecule has 3 rings (SSSR count). The number of nitrogens with zero attached hydrogens (tertiary/aromatic N) is 2. The van der Waals surface area contributed by atoms with Gasteiger partial charge in [0.1, 0.15) is 17.3 Å². The molecule has 0 bridgehead atoms. The van der Waals surface area contributed by atoms with E-state index < -0.39 is 0 Å². The number of thioether (sulfide) groups is 1. The van der Waals surface area contributed by atoms with E-state index in [1.54, 1.807) is 6.07 Å². The molecule has 1 saturated heterocycles. The molecular weight excluding hydrogens is 248 g/mol. The number of aromatic amines is 1. The minimum absolute atomic E-state index is 0.161. The Hall–Kier alpha value is -1.56. The lowest BCUT2D eigenvalue weighted by molar-refractivity contribution is 0.601. The van der Waals surface area contributed by atoms with E-state index in [4.69, 9.17) is 5.73 Å². The van der Waals surface area contributed by atoms with Crippen LogP contribution in [0.5, 0.6) is 0 Å². The summed E-state index contributed by atoms with van der Waals surface area (Å²) in [7, 11) is 0. The van der Waals surface area contributed by atoms with Gasteiger partial charge in [-0.25, -0.2) is 9.97 Å². The van der Waals surface area contributed by atoms with E-state index in [2.05, 4.69) is 15.0 Å². The standard InChI is InChI=1S/C12H14N4OS/c13-10-8-1-2-9(17)14-12(8)16-11(15-10)7-3-5-18-6-4-7/h1-2,7H,3-6H2,(H3,13,14,15,16,17). The molecule has 0 aliphatic carbocycles. The van der Waals surface area contributed by atoms with Gasteiger partial charge in [-0.1, -0.05) is 0 Å². The third-order valence-electron chi connectivity index (χ3n) is 3.22. The summed E-state index contributed by atoms with van der Waals surface area (Å²) in [6.07, 6.45) is 2.15. The first-order chi connectivity index (χ1) is 8.74. The van der Waals surface area contributed by atoms with Crippen LogP contribution in [0.15, 0.2) is 16.9 Å². The van der Waals surface area contributed by atoms with Gasteiger partial charge in [0.2, 0.25) is 5.56 Å². The van der Waals surface area contributed by atoms with Crippen molar-refractivity contribution in [2.45, 2.75) is 18.8 Å². The van der Waals surface area contributed by atoms with Crippen molar-refractivity contribution in [3.8, 4) is 0 Å². The lowest BCUT2D eigenvalue weighted by Crippen LogP contribution is -2.14. The van der Waals surface area contributed by atoms with Gasteiger partial charge in [-0.2, -0.15) is 11.8 Å². The van der Waals surface area contributed by atoms with E-state index in [0.29, 0.717) is 22.8 Å². The summed E-state index contributed by atoms with van der Waals surface area (Å²) >= 11 is 1.96. The first kappa shape index (κ1) is 11.5. The number of nitrogens with two attached hydrogens (primary N) is 1. The molecule has 1 aliphatic heterocycles. The van der Waals surface area contributed by atoms with Crippen LogP contribution in [0.2, 0.25) is 0 Å². The highest BCUT2D eigenvalue weighted by Gasteiger charge is 2.19. The highest BCUT2D eigenvalue weighted by atomic mass is 32.2. The number of H-pyrrole nitrogens is 1. The zero-order valence-electron chi connectivity index (χ0n) is 9.85. The summed E-state index contributed by atoms with van der Waals surface area (Å²) in [5, 5.41) is 0.712. The number of hydrogen-bond donors (Lipinski definition) is 2. The number of fused-ring (bicyclic) bond motifs is 1. The second-order valence-electron chi connectivity index (χ2n) is 4.44. The first-order valence-electron chi connectivity index (χ1n) is 5.98. The Morgan fingerprint density at radius 3 is 2.83 bits per heavy atom. The summed E-state index contributed by atoms with van der Waals surface area (Å²) in [6.45, 7) is 0. The largest absolute Gasteiger partial charge is 0.383 e. The molecule has 2 aromatic heterocycles. The molecule has 6 heteroatoms. The van der Waals surface area contributed by atoms with Crippen molar-refractivity contribution in [3.05, 3.63) is 28.3 Å². The van der Waals surface area contributed by atoms with Crippen LogP contribution in [-0.2, 0) is 0 Å². The first-order valence-corrected chi connectivity index (χ1v) is 7.14. The molecule has 2 aromatic rings. The highest BCUT2D eigenvalue weighted by molar-refractivity contribution is 7.99. The summed E-state index contributed by atoms with van der Waals surface area (Å²) in [6, 6.07) is 3.11.